The van der Waals surface area contributed by atoms with Crippen LogP contribution < -0.4 is 10.2 Å². The van der Waals surface area contributed by atoms with Gasteiger partial charge in [-0.05, 0) is 13.8 Å². The van der Waals surface area contributed by atoms with Crippen LogP contribution in [0, 0.1) is 0 Å². The van der Waals surface area contributed by atoms with E-state index in [0.29, 0.717) is 12.1 Å². The molecule has 1 aromatic rings. The van der Waals surface area contributed by atoms with E-state index in [1.165, 1.54) is 0 Å². The average Bonchev–Trinajstić information content (AvgIpc) is 2.61. The van der Waals surface area contributed by atoms with Crippen LogP contribution in [0.2, 0.25) is 0 Å². The summed E-state index contributed by atoms with van der Waals surface area (Å²) < 4.78 is 0. The quantitative estimate of drug-likeness (QED) is 0.736. The van der Waals surface area contributed by atoms with Crippen LogP contribution in [0.25, 0.3) is 0 Å². The second-order valence-corrected chi connectivity index (χ2v) is 4.50. The van der Waals surface area contributed by atoms with Gasteiger partial charge >= 0.3 is 0 Å². The number of rotatable bonds is 1. The van der Waals surface area contributed by atoms with Crippen molar-refractivity contribution in [2.24, 2.45) is 0 Å². The minimum Gasteiger partial charge on any atom is -0.343 e. The molecule has 0 bridgehead atoms. The standard InChI is InChI=1S/C9H15N3S/c1-7-6-12(8(2)5-11-7)9-10-3-4-13-9/h3-4,7-8,11H,5-6H2,1-2H3. The van der Waals surface area contributed by atoms with Gasteiger partial charge in [0, 0.05) is 36.8 Å². The summed E-state index contributed by atoms with van der Waals surface area (Å²) in [7, 11) is 0. The first-order chi connectivity index (χ1) is 6.27. The monoisotopic (exact) mass is 197 g/mol. The van der Waals surface area contributed by atoms with Gasteiger partial charge in [0.25, 0.3) is 0 Å². The van der Waals surface area contributed by atoms with Gasteiger partial charge in [-0.2, -0.15) is 0 Å². The van der Waals surface area contributed by atoms with Crippen molar-refractivity contribution in [3.63, 3.8) is 0 Å². The first kappa shape index (κ1) is 8.97. The average molecular weight is 197 g/mol. The van der Waals surface area contributed by atoms with E-state index < -0.39 is 0 Å². The highest BCUT2D eigenvalue weighted by atomic mass is 32.1. The lowest BCUT2D eigenvalue weighted by atomic mass is 10.1. The molecule has 1 N–H and O–H groups in total. The van der Waals surface area contributed by atoms with E-state index in [4.69, 9.17) is 0 Å². The SMILES string of the molecule is CC1CN(c2nccs2)C(C)CN1. The van der Waals surface area contributed by atoms with Crippen molar-refractivity contribution in [2.45, 2.75) is 25.9 Å². The fourth-order valence-electron chi connectivity index (χ4n) is 1.65. The van der Waals surface area contributed by atoms with Crippen LogP contribution in [-0.2, 0) is 0 Å². The molecular weight excluding hydrogens is 182 g/mol. The third-order valence-electron chi connectivity index (χ3n) is 2.43. The Morgan fingerprint density at radius 3 is 3.15 bits per heavy atom. The molecule has 72 valence electrons. The summed E-state index contributed by atoms with van der Waals surface area (Å²) in [6.45, 7) is 6.57. The highest BCUT2D eigenvalue weighted by Crippen LogP contribution is 2.21. The van der Waals surface area contributed by atoms with E-state index in [1.54, 1.807) is 11.3 Å². The van der Waals surface area contributed by atoms with Gasteiger partial charge in [-0.15, -0.1) is 11.3 Å². The van der Waals surface area contributed by atoms with Gasteiger partial charge in [-0.3, -0.25) is 0 Å². The topological polar surface area (TPSA) is 28.2 Å². The summed E-state index contributed by atoms with van der Waals surface area (Å²) in [5.41, 5.74) is 0. The highest BCUT2D eigenvalue weighted by Gasteiger charge is 2.23. The minimum atomic E-state index is 0.558. The maximum Gasteiger partial charge on any atom is 0.185 e. The lowest BCUT2D eigenvalue weighted by molar-refractivity contribution is 0.425. The second kappa shape index (κ2) is 3.64. The molecule has 0 amide bonds. The molecule has 0 radical (unpaired) electrons. The zero-order chi connectivity index (χ0) is 9.26. The van der Waals surface area contributed by atoms with Gasteiger partial charge in [-0.25, -0.2) is 4.98 Å². The van der Waals surface area contributed by atoms with Gasteiger partial charge in [0.1, 0.15) is 0 Å². The summed E-state index contributed by atoms with van der Waals surface area (Å²) >= 11 is 1.72. The molecule has 13 heavy (non-hydrogen) atoms. The number of anilines is 1. The third-order valence-corrected chi connectivity index (χ3v) is 3.24. The fourth-order valence-corrected chi connectivity index (χ4v) is 2.40. The van der Waals surface area contributed by atoms with Crippen LogP contribution in [0.15, 0.2) is 11.6 Å². The Hall–Kier alpha value is -0.610. The Morgan fingerprint density at radius 2 is 2.46 bits per heavy atom. The van der Waals surface area contributed by atoms with Crippen molar-refractivity contribution < 1.29 is 0 Å². The highest BCUT2D eigenvalue weighted by molar-refractivity contribution is 7.13. The molecule has 3 nitrogen and oxygen atoms in total. The Kier molecular flexibility index (Phi) is 2.51. The van der Waals surface area contributed by atoms with Crippen LogP contribution in [-0.4, -0.2) is 30.2 Å². The van der Waals surface area contributed by atoms with Gasteiger partial charge < -0.3 is 10.2 Å². The molecule has 1 fully saturated rings. The molecule has 0 spiro atoms. The summed E-state index contributed by atoms with van der Waals surface area (Å²) in [5.74, 6) is 0. The zero-order valence-corrected chi connectivity index (χ0v) is 8.84. The number of piperazine rings is 1. The van der Waals surface area contributed by atoms with Gasteiger partial charge in [-0.1, -0.05) is 0 Å². The van der Waals surface area contributed by atoms with Crippen molar-refractivity contribution in [1.82, 2.24) is 10.3 Å². The van der Waals surface area contributed by atoms with E-state index >= 15 is 0 Å². The molecular formula is C9H15N3S. The summed E-state index contributed by atoms with van der Waals surface area (Å²) in [4.78, 5) is 6.72. The normalized spacial score (nSPS) is 29.2. The van der Waals surface area contributed by atoms with Crippen molar-refractivity contribution in [3.05, 3.63) is 11.6 Å². The second-order valence-electron chi connectivity index (χ2n) is 3.63. The first-order valence-corrected chi connectivity index (χ1v) is 5.55. The lowest BCUT2D eigenvalue weighted by Gasteiger charge is -2.37. The van der Waals surface area contributed by atoms with E-state index in [-0.39, 0.29) is 0 Å². The molecule has 2 unspecified atom stereocenters. The Labute approximate surface area is 82.8 Å². The van der Waals surface area contributed by atoms with E-state index in [9.17, 15) is 0 Å². The molecule has 2 heterocycles. The fraction of sp³-hybridized carbons (Fsp3) is 0.667. The van der Waals surface area contributed by atoms with Crippen LogP contribution in [0.3, 0.4) is 0 Å². The van der Waals surface area contributed by atoms with Crippen LogP contribution in [0.4, 0.5) is 5.13 Å². The number of thiazole rings is 1. The van der Waals surface area contributed by atoms with Gasteiger partial charge in [0.15, 0.2) is 5.13 Å². The smallest absolute Gasteiger partial charge is 0.185 e. The van der Waals surface area contributed by atoms with E-state index in [2.05, 4.69) is 29.0 Å². The number of nitrogens with zero attached hydrogens (tertiary/aromatic N) is 2. The molecule has 2 atom stereocenters. The van der Waals surface area contributed by atoms with Gasteiger partial charge in [0.2, 0.25) is 0 Å². The van der Waals surface area contributed by atoms with Crippen molar-refractivity contribution >= 4 is 16.5 Å². The Balaban J connectivity index is 2.12. The maximum absolute atomic E-state index is 4.34. The number of aromatic nitrogens is 1. The van der Waals surface area contributed by atoms with Gasteiger partial charge in [0.05, 0.1) is 0 Å². The third kappa shape index (κ3) is 1.84. The summed E-state index contributed by atoms with van der Waals surface area (Å²) in [6, 6.07) is 1.13. The number of hydrogen-bond acceptors (Lipinski definition) is 4. The lowest BCUT2D eigenvalue weighted by Crippen LogP contribution is -2.54. The number of hydrogen-bond donors (Lipinski definition) is 1. The van der Waals surface area contributed by atoms with Crippen molar-refractivity contribution in [2.75, 3.05) is 18.0 Å². The minimum absolute atomic E-state index is 0.558. The van der Waals surface area contributed by atoms with Crippen LogP contribution >= 0.6 is 11.3 Å². The Bertz CT molecular complexity index is 260. The molecule has 0 saturated carbocycles. The molecule has 1 aromatic heterocycles. The van der Waals surface area contributed by atoms with Crippen LogP contribution in [0.5, 0.6) is 0 Å². The molecule has 0 aliphatic carbocycles. The predicted molar refractivity (Wildman–Crippen MR) is 56.4 cm³/mol. The van der Waals surface area contributed by atoms with Crippen molar-refractivity contribution in [1.29, 1.82) is 0 Å². The molecule has 1 saturated heterocycles. The molecule has 1 aliphatic heterocycles. The Morgan fingerprint density at radius 1 is 1.62 bits per heavy atom. The largest absolute Gasteiger partial charge is 0.343 e. The molecule has 1 aliphatic rings. The predicted octanol–water partition coefficient (Wildman–Crippen LogP) is 1.33. The molecule has 0 aromatic carbocycles. The van der Waals surface area contributed by atoms with Crippen LogP contribution in [0.1, 0.15) is 13.8 Å². The molecule has 2 rings (SSSR count). The van der Waals surface area contributed by atoms with E-state index in [1.807, 2.05) is 11.6 Å². The first-order valence-electron chi connectivity index (χ1n) is 4.67. The zero-order valence-electron chi connectivity index (χ0n) is 8.03. The maximum atomic E-state index is 4.34. The van der Waals surface area contributed by atoms with E-state index in [0.717, 1.165) is 18.2 Å². The number of nitrogens with one attached hydrogen (secondary N) is 1. The molecule has 4 heteroatoms. The summed E-state index contributed by atoms with van der Waals surface area (Å²) in [6.07, 6.45) is 1.87. The summed E-state index contributed by atoms with van der Waals surface area (Å²) in [5, 5.41) is 6.65. The van der Waals surface area contributed by atoms with Crippen molar-refractivity contribution in [3.8, 4) is 0 Å².